The Morgan fingerprint density at radius 1 is 1.17 bits per heavy atom. The van der Waals surface area contributed by atoms with Gasteiger partial charge in [-0.3, -0.25) is 9.59 Å². The van der Waals surface area contributed by atoms with Crippen LogP contribution in [0.3, 0.4) is 0 Å². The number of aryl methyl sites for hydroxylation is 1. The maximum absolute atomic E-state index is 13.1. The van der Waals surface area contributed by atoms with E-state index in [1.54, 1.807) is 19.1 Å². The molecule has 3 N–H and O–H groups in total. The van der Waals surface area contributed by atoms with Gasteiger partial charge in [0.1, 0.15) is 11.6 Å². The third-order valence-corrected chi connectivity index (χ3v) is 5.40. The number of rotatable bonds is 10. The second-order valence-electron chi connectivity index (χ2n) is 7.41. The minimum Gasteiger partial charge on any atom is -0.370 e. The van der Waals surface area contributed by atoms with Crippen LogP contribution in [0.1, 0.15) is 51.5 Å². The molecule has 0 saturated carbocycles. The highest BCUT2D eigenvalue weighted by molar-refractivity contribution is 8.00. The fraction of sp³-hybridized carbons (Fsp3) is 0.500. The number of benzene rings is 1. The molecule has 0 aliphatic rings. The molecule has 0 saturated heterocycles. The van der Waals surface area contributed by atoms with Crippen molar-refractivity contribution in [1.29, 1.82) is 0 Å². The van der Waals surface area contributed by atoms with Crippen molar-refractivity contribution in [2.45, 2.75) is 63.5 Å². The lowest BCUT2D eigenvalue weighted by Gasteiger charge is -2.18. The predicted molar refractivity (Wildman–Crippen MR) is 111 cm³/mol. The number of primary amides is 1. The quantitative estimate of drug-likeness (QED) is 0.574. The number of amides is 2. The first-order valence-corrected chi connectivity index (χ1v) is 10.5. The molecule has 0 radical (unpaired) electrons. The van der Waals surface area contributed by atoms with Gasteiger partial charge in [0.05, 0.1) is 11.3 Å². The minimum absolute atomic E-state index is 0.149. The lowest BCUT2D eigenvalue weighted by Crippen LogP contribution is -2.33. The molecule has 9 heteroatoms. The number of thioether (sulfide) groups is 1. The highest BCUT2D eigenvalue weighted by Crippen LogP contribution is 2.25. The molecule has 0 fully saturated rings. The van der Waals surface area contributed by atoms with Crippen LogP contribution in [0.15, 0.2) is 29.4 Å². The number of nitrogens with one attached hydrogen (secondary N) is 1. The summed E-state index contributed by atoms with van der Waals surface area (Å²) >= 11 is 1.32. The minimum atomic E-state index is -0.406. The van der Waals surface area contributed by atoms with Gasteiger partial charge in [0.25, 0.3) is 0 Å². The Morgan fingerprint density at radius 2 is 1.83 bits per heavy atom. The van der Waals surface area contributed by atoms with E-state index >= 15 is 0 Å². The molecule has 0 bridgehead atoms. The van der Waals surface area contributed by atoms with Crippen molar-refractivity contribution >= 4 is 23.6 Å². The molecular formula is C20H28FN5O2S. The fourth-order valence-corrected chi connectivity index (χ4v) is 3.64. The number of nitrogens with zero attached hydrogens (tertiary/aromatic N) is 3. The third-order valence-electron chi connectivity index (χ3n) is 4.32. The molecule has 2 aromatic rings. The molecule has 2 rings (SSSR count). The van der Waals surface area contributed by atoms with Gasteiger partial charge in [0.15, 0.2) is 5.16 Å². The van der Waals surface area contributed by atoms with Crippen LogP contribution in [0.5, 0.6) is 0 Å². The Morgan fingerprint density at radius 3 is 2.41 bits per heavy atom. The van der Waals surface area contributed by atoms with Crippen molar-refractivity contribution in [1.82, 2.24) is 20.1 Å². The summed E-state index contributed by atoms with van der Waals surface area (Å²) in [5, 5.41) is 11.6. The maximum Gasteiger partial charge on any atom is 0.233 e. The van der Waals surface area contributed by atoms with Crippen LogP contribution in [0.2, 0.25) is 0 Å². The van der Waals surface area contributed by atoms with Crippen LogP contribution in [0.4, 0.5) is 4.39 Å². The number of carbonyl (C=O) groups excluding carboxylic acids is 2. The number of hydrogen-bond acceptors (Lipinski definition) is 5. The van der Waals surface area contributed by atoms with Gasteiger partial charge >= 0.3 is 0 Å². The Balaban J connectivity index is 2.06. The van der Waals surface area contributed by atoms with E-state index in [4.69, 9.17) is 5.73 Å². The smallest absolute Gasteiger partial charge is 0.233 e. The number of halogens is 1. The molecule has 158 valence electrons. The van der Waals surface area contributed by atoms with Gasteiger partial charge in [0.2, 0.25) is 11.8 Å². The van der Waals surface area contributed by atoms with Crippen LogP contribution in [0.25, 0.3) is 0 Å². The van der Waals surface area contributed by atoms with Gasteiger partial charge in [0, 0.05) is 19.4 Å². The fourth-order valence-electron chi connectivity index (χ4n) is 2.75. The molecule has 2 atom stereocenters. The highest BCUT2D eigenvalue weighted by atomic mass is 32.2. The van der Waals surface area contributed by atoms with E-state index < -0.39 is 5.25 Å². The van der Waals surface area contributed by atoms with Gasteiger partial charge in [-0.05, 0) is 37.5 Å². The van der Waals surface area contributed by atoms with Crippen LogP contribution in [0, 0.1) is 11.7 Å². The van der Waals surface area contributed by atoms with E-state index in [9.17, 15) is 14.0 Å². The van der Waals surface area contributed by atoms with Crippen molar-refractivity contribution in [2.75, 3.05) is 0 Å². The number of carbonyl (C=O) groups is 2. The number of hydrogen-bond donors (Lipinski definition) is 2. The van der Waals surface area contributed by atoms with E-state index in [2.05, 4.69) is 29.4 Å². The Kier molecular flexibility index (Phi) is 8.19. The summed E-state index contributed by atoms with van der Waals surface area (Å²) in [6.07, 6.45) is 0.615. The van der Waals surface area contributed by atoms with Crippen molar-refractivity contribution in [3.05, 3.63) is 41.5 Å². The van der Waals surface area contributed by atoms with Crippen molar-refractivity contribution in [3.8, 4) is 0 Å². The molecule has 0 unspecified atom stereocenters. The summed E-state index contributed by atoms with van der Waals surface area (Å²) < 4.78 is 15.0. The number of aromatic nitrogens is 3. The first-order valence-electron chi connectivity index (χ1n) is 9.60. The van der Waals surface area contributed by atoms with Crippen molar-refractivity contribution < 1.29 is 14.0 Å². The molecule has 29 heavy (non-hydrogen) atoms. The molecule has 1 heterocycles. The SMILES string of the molecule is CC(C)Cn1c(CCC(N)=O)nnc1S[C@@H](C)C(=O)N[C@H](C)c1ccc(F)cc1. The van der Waals surface area contributed by atoms with Crippen molar-refractivity contribution in [3.63, 3.8) is 0 Å². The normalized spacial score (nSPS) is 13.3. The third kappa shape index (κ3) is 6.85. The highest BCUT2D eigenvalue weighted by Gasteiger charge is 2.22. The molecule has 0 spiro atoms. The second-order valence-corrected chi connectivity index (χ2v) is 8.72. The summed E-state index contributed by atoms with van der Waals surface area (Å²) in [6.45, 7) is 8.49. The summed E-state index contributed by atoms with van der Waals surface area (Å²) in [6, 6.07) is 5.81. The molecule has 1 aromatic carbocycles. The molecule has 0 aliphatic carbocycles. The Labute approximate surface area is 174 Å². The molecule has 1 aromatic heterocycles. The van der Waals surface area contributed by atoms with E-state index in [-0.39, 0.29) is 30.1 Å². The summed E-state index contributed by atoms with van der Waals surface area (Å²) in [4.78, 5) is 23.7. The monoisotopic (exact) mass is 421 g/mol. The Hall–Kier alpha value is -2.42. The number of nitrogens with two attached hydrogens (primary N) is 1. The molecule has 7 nitrogen and oxygen atoms in total. The predicted octanol–water partition coefficient (Wildman–Crippen LogP) is 2.85. The van der Waals surface area contributed by atoms with E-state index in [0.29, 0.717) is 29.9 Å². The van der Waals surface area contributed by atoms with Crippen LogP contribution in [-0.4, -0.2) is 31.8 Å². The van der Waals surface area contributed by atoms with Gasteiger partial charge < -0.3 is 15.6 Å². The van der Waals surface area contributed by atoms with Gasteiger partial charge in [-0.1, -0.05) is 37.7 Å². The average Bonchev–Trinajstić information content (AvgIpc) is 3.01. The van der Waals surface area contributed by atoms with Crippen LogP contribution >= 0.6 is 11.8 Å². The first-order chi connectivity index (χ1) is 13.7. The van der Waals surface area contributed by atoms with E-state index in [1.807, 2.05) is 11.5 Å². The standard InChI is InChI=1S/C20H28FN5O2S/c1-12(2)11-26-18(10-9-17(22)27)24-25-20(26)29-14(4)19(28)23-13(3)15-5-7-16(21)8-6-15/h5-8,12-14H,9-11H2,1-4H3,(H2,22,27)(H,23,28)/t13-,14+/m1/s1. The van der Waals surface area contributed by atoms with E-state index in [0.717, 1.165) is 5.56 Å². The molecular weight excluding hydrogens is 393 g/mol. The van der Waals surface area contributed by atoms with Crippen LogP contribution in [-0.2, 0) is 22.6 Å². The van der Waals surface area contributed by atoms with Crippen LogP contribution < -0.4 is 11.1 Å². The summed E-state index contributed by atoms with van der Waals surface area (Å²) in [5.74, 6) is 0.186. The molecule has 0 aliphatic heterocycles. The second kappa shape index (κ2) is 10.4. The topological polar surface area (TPSA) is 103 Å². The maximum atomic E-state index is 13.1. The van der Waals surface area contributed by atoms with E-state index in [1.165, 1.54) is 23.9 Å². The lowest BCUT2D eigenvalue weighted by atomic mass is 10.1. The van der Waals surface area contributed by atoms with Crippen molar-refractivity contribution in [2.24, 2.45) is 11.7 Å². The first kappa shape index (κ1) is 22.9. The Bertz CT molecular complexity index is 838. The summed E-state index contributed by atoms with van der Waals surface area (Å²) in [7, 11) is 0. The zero-order valence-corrected chi connectivity index (χ0v) is 18.0. The van der Waals surface area contributed by atoms with Gasteiger partial charge in [-0.15, -0.1) is 10.2 Å². The zero-order valence-electron chi connectivity index (χ0n) is 17.2. The van der Waals surface area contributed by atoms with Gasteiger partial charge in [-0.2, -0.15) is 0 Å². The summed E-state index contributed by atoms with van der Waals surface area (Å²) in [5.41, 5.74) is 6.07. The van der Waals surface area contributed by atoms with Gasteiger partial charge in [-0.25, -0.2) is 4.39 Å². The largest absolute Gasteiger partial charge is 0.370 e. The molecule has 2 amide bonds. The lowest BCUT2D eigenvalue weighted by molar-refractivity contribution is -0.121. The average molecular weight is 422 g/mol. The zero-order chi connectivity index (χ0) is 21.6.